The maximum Gasteiger partial charge on any atom is 0.332 e. The van der Waals surface area contributed by atoms with Crippen molar-refractivity contribution < 1.29 is 19.1 Å². The number of ether oxygens (including phenoxy) is 1. The predicted octanol–water partition coefficient (Wildman–Crippen LogP) is 2.83. The molecule has 0 spiro atoms. The van der Waals surface area contributed by atoms with Gasteiger partial charge in [0.1, 0.15) is 24.6 Å². The molecule has 0 saturated carbocycles. The first-order valence-electron chi connectivity index (χ1n) is 13.8. The van der Waals surface area contributed by atoms with E-state index in [0.29, 0.717) is 19.7 Å². The highest BCUT2D eigenvalue weighted by molar-refractivity contribution is 5.92. The average molecular weight is 555 g/mol. The number of rotatable bonds is 6. The van der Waals surface area contributed by atoms with Crippen LogP contribution >= 0.6 is 0 Å². The van der Waals surface area contributed by atoms with E-state index in [-0.39, 0.29) is 30.9 Å². The summed E-state index contributed by atoms with van der Waals surface area (Å²) in [7, 11) is 3.69. The highest BCUT2D eigenvalue weighted by Crippen LogP contribution is 2.39. The van der Waals surface area contributed by atoms with E-state index in [1.807, 2.05) is 85.9 Å². The third-order valence-electron chi connectivity index (χ3n) is 8.06. The first-order valence-corrected chi connectivity index (χ1v) is 13.8. The smallest absolute Gasteiger partial charge is 0.332 e. The zero-order valence-electron chi connectivity index (χ0n) is 23.3. The number of anilines is 1. The summed E-state index contributed by atoms with van der Waals surface area (Å²) >= 11 is 0. The molecule has 3 aromatic rings. The molecule has 10 nitrogen and oxygen atoms in total. The standard InChI is InChI=1S/C31H34N6O4/c1-33-16-17-41-29-24(14-9-15-25(29)33)19-35-20-26-36(34(2)31(40)32-18-22-10-5-3-6-11-22)21-27(38)37(26)28(30(35)39)23-12-7-4-8-13-23/h3-15,26,28H,16-21H2,1-2H3,(H,32,40)/t26-,28+/m1/s1. The largest absolute Gasteiger partial charge is 0.489 e. The molecule has 0 bridgehead atoms. The quantitative estimate of drug-likeness (QED) is 0.504. The number of carbonyl (C=O) groups excluding carboxylic acids is 3. The van der Waals surface area contributed by atoms with Crippen molar-refractivity contribution in [2.75, 3.05) is 45.2 Å². The zero-order chi connectivity index (χ0) is 28.5. The van der Waals surface area contributed by atoms with Gasteiger partial charge in [0.25, 0.3) is 5.91 Å². The fourth-order valence-electron chi connectivity index (χ4n) is 5.88. The number of para-hydroxylation sites is 1. The third kappa shape index (κ3) is 5.06. The van der Waals surface area contributed by atoms with Gasteiger partial charge in [-0.25, -0.2) is 4.79 Å². The van der Waals surface area contributed by atoms with Crippen LogP contribution in [0.2, 0.25) is 0 Å². The Labute approximate surface area is 239 Å². The van der Waals surface area contributed by atoms with Crippen molar-refractivity contribution in [1.29, 1.82) is 0 Å². The molecule has 2 saturated heterocycles. The maximum absolute atomic E-state index is 14.1. The van der Waals surface area contributed by atoms with E-state index in [1.54, 1.807) is 21.9 Å². The second-order valence-corrected chi connectivity index (χ2v) is 10.6. The Morgan fingerprint density at radius 1 is 1.00 bits per heavy atom. The molecule has 3 heterocycles. The van der Waals surface area contributed by atoms with Gasteiger partial charge in [0.15, 0.2) is 0 Å². The van der Waals surface area contributed by atoms with Crippen LogP contribution in [0.3, 0.4) is 0 Å². The number of hydrogen-bond acceptors (Lipinski definition) is 6. The van der Waals surface area contributed by atoms with Crippen molar-refractivity contribution in [3.8, 4) is 5.75 Å². The van der Waals surface area contributed by atoms with Gasteiger partial charge in [-0.15, -0.1) is 0 Å². The second-order valence-electron chi connectivity index (χ2n) is 10.6. The van der Waals surface area contributed by atoms with E-state index in [9.17, 15) is 14.4 Å². The van der Waals surface area contributed by atoms with Crippen LogP contribution < -0.4 is 15.0 Å². The minimum Gasteiger partial charge on any atom is -0.489 e. The third-order valence-corrected chi connectivity index (χ3v) is 8.06. The van der Waals surface area contributed by atoms with Crippen molar-refractivity contribution in [2.24, 2.45) is 0 Å². The van der Waals surface area contributed by atoms with Crippen LogP contribution in [0, 0.1) is 0 Å². The molecule has 2 atom stereocenters. The van der Waals surface area contributed by atoms with Gasteiger partial charge in [-0.1, -0.05) is 72.8 Å². The Hall–Kier alpha value is -4.57. The fourth-order valence-corrected chi connectivity index (χ4v) is 5.88. The number of urea groups is 1. The number of benzene rings is 3. The molecule has 41 heavy (non-hydrogen) atoms. The van der Waals surface area contributed by atoms with Gasteiger partial charge in [-0.2, -0.15) is 5.01 Å². The average Bonchev–Trinajstić information content (AvgIpc) is 3.32. The number of fused-ring (bicyclic) bond motifs is 2. The topological polar surface area (TPSA) is 88.7 Å². The summed E-state index contributed by atoms with van der Waals surface area (Å²) in [5, 5.41) is 6.16. The highest BCUT2D eigenvalue weighted by Gasteiger charge is 2.52. The van der Waals surface area contributed by atoms with Gasteiger partial charge in [-0.3, -0.25) is 14.6 Å². The van der Waals surface area contributed by atoms with E-state index in [4.69, 9.17) is 4.74 Å². The lowest BCUT2D eigenvalue weighted by molar-refractivity contribution is -0.157. The van der Waals surface area contributed by atoms with Crippen LogP contribution in [0.5, 0.6) is 5.75 Å². The van der Waals surface area contributed by atoms with E-state index >= 15 is 0 Å². The normalized spacial score (nSPS) is 20.4. The minimum atomic E-state index is -0.795. The van der Waals surface area contributed by atoms with Crippen LogP contribution in [0.15, 0.2) is 78.9 Å². The Balaban J connectivity index is 1.29. The summed E-state index contributed by atoms with van der Waals surface area (Å²) in [5.74, 6) is 0.437. The monoisotopic (exact) mass is 554 g/mol. The summed E-state index contributed by atoms with van der Waals surface area (Å²) in [6.45, 7) is 2.31. The molecule has 0 radical (unpaired) electrons. The van der Waals surface area contributed by atoms with Gasteiger partial charge in [0.2, 0.25) is 5.91 Å². The summed E-state index contributed by atoms with van der Waals surface area (Å²) in [4.78, 5) is 46.3. The maximum atomic E-state index is 14.1. The summed E-state index contributed by atoms with van der Waals surface area (Å²) < 4.78 is 6.06. The van der Waals surface area contributed by atoms with Crippen LogP contribution in [0.25, 0.3) is 0 Å². The minimum absolute atomic E-state index is 0.000974. The van der Waals surface area contributed by atoms with Gasteiger partial charge < -0.3 is 24.8 Å². The molecule has 3 aliphatic rings. The van der Waals surface area contributed by atoms with Crippen molar-refractivity contribution in [2.45, 2.75) is 25.3 Å². The van der Waals surface area contributed by atoms with Crippen LogP contribution in [0.1, 0.15) is 22.7 Å². The molecule has 0 aliphatic carbocycles. The van der Waals surface area contributed by atoms with Crippen molar-refractivity contribution in [1.82, 2.24) is 25.1 Å². The predicted molar refractivity (Wildman–Crippen MR) is 154 cm³/mol. The lowest BCUT2D eigenvalue weighted by atomic mass is 9.99. The molecule has 4 amide bonds. The van der Waals surface area contributed by atoms with Gasteiger partial charge in [0, 0.05) is 32.7 Å². The molecular formula is C31H34N6O4. The Morgan fingerprint density at radius 2 is 1.73 bits per heavy atom. The van der Waals surface area contributed by atoms with Crippen LogP contribution in [0.4, 0.5) is 10.5 Å². The first-order chi connectivity index (χ1) is 19.9. The van der Waals surface area contributed by atoms with Crippen LogP contribution in [-0.4, -0.2) is 84.2 Å². The van der Waals surface area contributed by atoms with Crippen molar-refractivity contribution in [3.05, 3.63) is 95.6 Å². The fraction of sp³-hybridized carbons (Fsp3) is 0.323. The van der Waals surface area contributed by atoms with Crippen molar-refractivity contribution in [3.63, 3.8) is 0 Å². The summed E-state index contributed by atoms with van der Waals surface area (Å²) in [6, 6.07) is 23.9. The second kappa shape index (κ2) is 11.1. The summed E-state index contributed by atoms with van der Waals surface area (Å²) in [6.07, 6.45) is -0.513. The van der Waals surface area contributed by atoms with E-state index < -0.39 is 12.2 Å². The molecule has 0 unspecified atom stereocenters. The van der Waals surface area contributed by atoms with E-state index in [0.717, 1.165) is 34.7 Å². The Bertz CT molecular complexity index is 1440. The summed E-state index contributed by atoms with van der Waals surface area (Å²) in [5.41, 5.74) is 3.62. The van der Waals surface area contributed by atoms with Gasteiger partial charge in [-0.05, 0) is 17.2 Å². The van der Waals surface area contributed by atoms with Gasteiger partial charge >= 0.3 is 6.03 Å². The number of hydrogen-bond donors (Lipinski definition) is 1. The molecular weight excluding hydrogens is 520 g/mol. The number of hydrazine groups is 1. The van der Waals surface area contributed by atoms with Gasteiger partial charge in [0.05, 0.1) is 25.3 Å². The van der Waals surface area contributed by atoms with E-state index in [2.05, 4.69) is 10.2 Å². The SMILES string of the molecule is CN1CCOc2c(CN3C[C@H]4N(C(=O)CN4N(C)C(=O)NCc4ccccc4)[C@@H](c4ccccc4)C3=O)cccc21. The Morgan fingerprint density at radius 3 is 2.49 bits per heavy atom. The lowest BCUT2D eigenvalue weighted by Crippen LogP contribution is -2.62. The molecule has 10 heteroatoms. The zero-order valence-corrected chi connectivity index (χ0v) is 23.3. The molecule has 2 fully saturated rings. The highest BCUT2D eigenvalue weighted by atomic mass is 16.5. The Kier molecular flexibility index (Phi) is 7.23. The number of piperazine rings is 1. The van der Waals surface area contributed by atoms with E-state index in [1.165, 1.54) is 5.01 Å². The molecule has 0 aromatic heterocycles. The number of likely N-dealkylation sites (N-methyl/N-ethyl adjacent to an activating group) is 1. The van der Waals surface area contributed by atoms with Crippen LogP contribution in [-0.2, 0) is 22.7 Å². The molecule has 3 aromatic carbocycles. The molecule has 1 N–H and O–H groups in total. The molecule has 212 valence electrons. The first kappa shape index (κ1) is 26.6. The van der Waals surface area contributed by atoms with Crippen molar-refractivity contribution >= 4 is 23.5 Å². The number of nitrogens with one attached hydrogen (secondary N) is 1. The number of amides is 4. The molecule has 3 aliphatic heterocycles. The number of nitrogens with zero attached hydrogens (tertiary/aromatic N) is 5. The number of carbonyl (C=O) groups is 3. The lowest BCUT2D eigenvalue weighted by Gasteiger charge is -2.46. The molecule has 6 rings (SSSR count).